The van der Waals surface area contributed by atoms with Gasteiger partial charge in [0, 0.05) is 11.9 Å². The van der Waals surface area contributed by atoms with E-state index in [1.54, 1.807) is 0 Å². The molecule has 10 heteroatoms. The summed E-state index contributed by atoms with van der Waals surface area (Å²) in [7, 11) is -2.32. The van der Waals surface area contributed by atoms with Crippen LogP contribution in [0, 0.1) is 0 Å². The average molecular weight is 400 g/mol. The Morgan fingerprint density at radius 3 is 2.35 bits per heavy atom. The third-order valence-electron chi connectivity index (χ3n) is 3.36. The lowest BCUT2D eigenvalue weighted by atomic mass is 10.1. The molecule has 0 bridgehead atoms. The number of carbonyl (C=O) groups excluding carboxylic acids is 2. The quantitative estimate of drug-likeness (QED) is 0.605. The molecular weight excluding hydrogens is 386 g/mol. The highest BCUT2D eigenvalue weighted by Gasteiger charge is 2.28. The molecule has 0 saturated heterocycles. The van der Waals surface area contributed by atoms with Crippen molar-refractivity contribution in [2.45, 2.75) is 4.90 Å². The Balaban J connectivity index is 2.74. The molecule has 1 heterocycles. The lowest BCUT2D eigenvalue weighted by molar-refractivity contribution is -0.139. The van der Waals surface area contributed by atoms with Crippen molar-refractivity contribution < 1.29 is 32.0 Å². The largest absolute Gasteiger partial charge is 0.465 e. The normalized spacial score (nSPS) is 14.2. The zero-order valence-electron chi connectivity index (χ0n) is 13.7. The number of nitrogens with zero attached hydrogens (tertiary/aromatic N) is 1. The van der Waals surface area contributed by atoms with E-state index in [1.807, 2.05) is 0 Å². The van der Waals surface area contributed by atoms with E-state index in [4.69, 9.17) is 16.3 Å². The fourth-order valence-electron chi connectivity index (χ4n) is 2.21. The molecule has 0 amide bonds. The minimum atomic E-state index is -4.60. The number of carbonyl (C=O) groups is 2. The Bertz CT molecular complexity index is 947. The van der Waals surface area contributed by atoms with Crippen molar-refractivity contribution in [3.8, 4) is 0 Å². The van der Waals surface area contributed by atoms with E-state index < -0.39 is 27.0 Å². The predicted molar refractivity (Wildman–Crippen MR) is 93.1 cm³/mol. The van der Waals surface area contributed by atoms with Gasteiger partial charge in [0.15, 0.2) is 0 Å². The van der Waals surface area contributed by atoms with Gasteiger partial charge in [-0.15, -0.1) is 0 Å². The second-order valence-corrected chi connectivity index (χ2v) is 6.70. The van der Waals surface area contributed by atoms with Crippen LogP contribution in [0.4, 0.5) is 5.69 Å². The van der Waals surface area contributed by atoms with Crippen LogP contribution in [-0.4, -0.2) is 39.1 Å². The van der Waals surface area contributed by atoms with Crippen LogP contribution in [0.3, 0.4) is 0 Å². The van der Waals surface area contributed by atoms with Gasteiger partial charge in [0.2, 0.25) is 0 Å². The fraction of sp³-hybridized carbons (Fsp3) is 0.125. The number of halogens is 1. The Hall–Kier alpha value is -2.62. The highest BCUT2D eigenvalue weighted by molar-refractivity contribution is 7.86. The van der Waals surface area contributed by atoms with Gasteiger partial charge in [-0.1, -0.05) is 17.7 Å². The first-order chi connectivity index (χ1) is 12.2. The molecule has 138 valence electrons. The number of methoxy groups -OCH3 is 2. The average Bonchev–Trinajstić information content (AvgIpc) is 2.82. The molecule has 1 N–H and O–H groups in total. The van der Waals surface area contributed by atoms with Gasteiger partial charge in [-0.05, 0) is 30.4 Å². The van der Waals surface area contributed by atoms with E-state index >= 15 is 0 Å². The zero-order valence-corrected chi connectivity index (χ0v) is 15.2. The van der Waals surface area contributed by atoms with Crippen LogP contribution in [0.2, 0.25) is 5.02 Å². The van der Waals surface area contributed by atoms with Gasteiger partial charge in [0.25, 0.3) is 10.1 Å². The fourth-order valence-corrected chi connectivity index (χ4v) is 3.20. The minimum Gasteiger partial charge on any atom is -0.465 e. The summed E-state index contributed by atoms with van der Waals surface area (Å²) in [5, 5.41) is -0.204. The summed E-state index contributed by atoms with van der Waals surface area (Å²) in [5.41, 5.74) is -0.163. The molecule has 26 heavy (non-hydrogen) atoms. The summed E-state index contributed by atoms with van der Waals surface area (Å²) in [5.74, 6) is -1.65. The zero-order chi connectivity index (χ0) is 19.5. The first-order valence-corrected chi connectivity index (χ1v) is 8.84. The summed E-state index contributed by atoms with van der Waals surface area (Å²) >= 11 is 5.81. The molecule has 0 spiro atoms. The third-order valence-corrected chi connectivity index (χ3v) is 4.70. The van der Waals surface area contributed by atoms with Crippen molar-refractivity contribution in [1.82, 2.24) is 0 Å². The molecule has 0 radical (unpaired) electrons. The molecule has 2 rings (SSSR count). The maximum absolute atomic E-state index is 12.3. The monoisotopic (exact) mass is 399 g/mol. The van der Waals surface area contributed by atoms with Gasteiger partial charge in [-0.3, -0.25) is 4.55 Å². The maximum atomic E-state index is 12.3. The molecule has 1 aliphatic heterocycles. The number of hydrogen-bond acceptors (Lipinski definition) is 7. The number of ether oxygens (including phenoxy) is 2. The van der Waals surface area contributed by atoms with E-state index in [-0.39, 0.29) is 22.0 Å². The van der Waals surface area contributed by atoms with Crippen molar-refractivity contribution in [1.29, 1.82) is 0 Å². The van der Waals surface area contributed by atoms with Gasteiger partial charge in [-0.25, -0.2) is 9.59 Å². The van der Waals surface area contributed by atoms with Crippen molar-refractivity contribution in [3.63, 3.8) is 0 Å². The first-order valence-electron chi connectivity index (χ1n) is 7.02. The molecular formula is C16H14ClNO7S. The molecule has 0 aromatic heterocycles. The Morgan fingerprint density at radius 1 is 1.12 bits per heavy atom. The van der Waals surface area contributed by atoms with Gasteiger partial charge in [-0.2, -0.15) is 8.42 Å². The molecule has 0 fully saturated rings. The molecule has 0 aliphatic carbocycles. The highest BCUT2D eigenvalue weighted by atomic mass is 35.5. The Kier molecular flexibility index (Phi) is 5.86. The SMILES string of the molecule is COC(=O)C1=C(C(=O)OC)N(c2ccc(Cl)c(S(=O)(=O)O)c2)C=CC=C1. The van der Waals surface area contributed by atoms with Crippen LogP contribution in [0.15, 0.2) is 58.8 Å². The molecule has 8 nitrogen and oxygen atoms in total. The van der Waals surface area contributed by atoms with Crippen LogP contribution in [0.5, 0.6) is 0 Å². The minimum absolute atomic E-state index is 0.104. The lowest BCUT2D eigenvalue weighted by Crippen LogP contribution is -2.27. The summed E-state index contributed by atoms with van der Waals surface area (Å²) in [4.78, 5) is 25.0. The number of esters is 2. The number of rotatable bonds is 4. The number of benzene rings is 1. The number of allylic oxidation sites excluding steroid dienone is 2. The summed E-state index contributed by atoms with van der Waals surface area (Å²) in [6, 6.07) is 3.70. The standard InChI is InChI=1S/C16H14ClNO7S/c1-24-15(19)11-5-3-4-8-18(14(11)16(20)25-2)10-6-7-12(17)13(9-10)26(21,22)23/h3-9H,1-2H3,(H,21,22,23). The third kappa shape index (κ3) is 3.96. The van der Waals surface area contributed by atoms with Crippen LogP contribution >= 0.6 is 11.6 Å². The van der Waals surface area contributed by atoms with Crippen molar-refractivity contribution >= 4 is 39.3 Å². The Morgan fingerprint density at radius 2 is 1.77 bits per heavy atom. The summed E-state index contributed by atoms with van der Waals surface area (Å²) in [6.07, 6.45) is 5.78. The van der Waals surface area contributed by atoms with Crippen LogP contribution in [0.25, 0.3) is 0 Å². The van der Waals surface area contributed by atoms with Gasteiger partial charge < -0.3 is 14.4 Å². The summed E-state index contributed by atoms with van der Waals surface area (Å²) in [6.45, 7) is 0. The van der Waals surface area contributed by atoms with E-state index in [0.29, 0.717) is 0 Å². The molecule has 1 aliphatic rings. The van der Waals surface area contributed by atoms with Crippen LogP contribution in [-0.2, 0) is 29.2 Å². The van der Waals surface area contributed by atoms with Crippen LogP contribution < -0.4 is 4.90 Å². The van der Waals surface area contributed by atoms with Crippen molar-refractivity contribution in [2.75, 3.05) is 19.1 Å². The molecule has 1 aromatic rings. The molecule has 1 aromatic carbocycles. The topological polar surface area (TPSA) is 110 Å². The van der Waals surface area contributed by atoms with E-state index in [0.717, 1.165) is 20.3 Å². The molecule has 0 atom stereocenters. The van der Waals surface area contributed by atoms with Gasteiger partial charge in [0.05, 0.1) is 24.8 Å². The van der Waals surface area contributed by atoms with E-state index in [9.17, 15) is 22.6 Å². The Labute approximate surface area is 154 Å². The second kappa shape index (κ2) is 7.73. The van der Waals surface area contributed by atoms with Crippen molar-refractivity contribution in [2.24, 2.45) is 0 Å². The molecule has 0 unspecified atom stereocenters. The van der Waals surface area contributed by atoms with Gasteiger partial charge in [0.1, 0.15) is 10.6 Å². The number of anilines is 1. The second-order valence-electron chi connectivity index (χ2n) is 4.91. The van der Waals surface area contributed by atoms with Gasteiger partial charge >= 0.3 is 11.9 Å². The van der Waals surface area contributed by atoms with Crippen molar-refractivity contribution in [3.05, 3.63) is 58.9 Å². The number of hydrogen-bond donors (Lipinski definition) is 1. The predicted octanol–water partition coefficient (Wildman–Crippen LogP) is 2.08. The smallest absolute Gasteiger partial charge is 0.355 e. The highest BCUT2D eigenvalue weighted by Crippen LogP contribution is 2.31. The molecule has 0 saturated carbocycles. The lowest BCUT2D eigenvalue weighted by Gasteiger charge is -2.23. The van der Waals surface area contributed by atoms with E-state index in [2.05, 4.69) is 4.74 Å². The maximum Gasteiger partial charge on any atom is 0.355 e. The van der Waals surface area contributed by atoms with Crippen LogP contribution in [0.1, 0.15) is 0 Å². The summed E-state index contributed by atoms with van der Waals surface area (Å²) < 4.78 is 41.7. The first kappa shape index (κ1) is 19.7. The van der Waals surface area contributed by atoms with E-state index in [1.165, 1.54) is 41.5 Å².